The van der Waals surface area contributed by atoms with E-state index in [9.17, 15) is 0 Å². The lowest BCUT2D eigenvalue weighted by molar-refractivity contribution is 0.0528. The minimum atomic E-state index is 0.675. The van der Waals surface area contributed by atoms with Crippen LogP contribution in [0.5, 0.6) is 0 Å². The molecule has 74 valence electrons. The standard InChI is InChI=1S/C9H7Br2NOS/c10-6-12-5-9(14-13-12)7-3-1-2-4-8(7)11/h1-5H,6H2. The van der Waals surface area contributed by atoms with Crippen LogP contribution in [0.25, 0.3) is 4.91 Å². The van der Waals surface area contributed by atoms with Gasteiger partial charge in [-0.1, -0.05) is 50.1 Å². The molecule has 0 N–H and O–H groups in total. The van der Waals surface area contributed by atoms with Crippen molar-refractivity contribution in [3.63, 3.8) is 0 Å². The van der Waals surface area contributed by atoms with Gasteiger partial charge in [-0.15, -0.1) is 0 Å². The Labute approximate surface area is 104 Å². The largest absolute Gasteiger partial charge is 0.236 e. The van der Waals surface area contributed by atoms with Gasteiger partial charge in [-0.2, -0.15) is 4.28 Å². The van der Waals surface area contributed by atoms with E-state index in [1.165, 1.54) is 12.0 Å². The highest BCUT2D eigenvalue weighted by Gasteiger charge is 2.16. The van der Waals surface area contributed by atoms with Crippen LogP contribution in [0.15, 0.2) is 34.9 Å². The topological polar surface area (TPSA) is 12.5 Å². The van der Waals surface area contributed by atoms with Gasteiger partial charge in [0.2, 0.25) is 0 Å². The normalized spacial score (nSPS) is 15.9. The van der Waals surface area contributed by atoms with E-state index < -0.39 is 0 Å². The number of hydrogen-bond acceptors (Lipinski definition) is 3. The minimum Gasteiger partial charge on any atom is -0.236 e. The van der Waals surface area contributed by atoms with Crippen LogP contribution in [0.2, 0.25) is 0 Å². The predicted octanol–water partition coefficient (Wildman–Crippen LogP) is 4.00. The Morgan fingerprint density at radius 3 is 2.79 bits per heavy atom. The molecule has 0 aliphatic carbocycles. The van der Waals surface area contributed by atoms with Gasteiger partial charge in [-0.3, -0.25) is 0 Å². The summed E-state index contributed by atoms with van der Waals surface area (Å²) in [7, 11) is 0. The highest BCUT2D eigenvalue weighted by atomic mass is 79.9. The van der Waals surface area contributed by atoms with Crippen LogP contribution < -0.4 is 0 Å². The van der Waals surface area contributed by atoms with Crippen LogP contribution in [0.1, 0.15) is 5.56 Å². The van der Waals surface area contributed by atoms with Crippen molar-refractivity contribution in [1.29, 1.82) is 0 Å². The molecule has 1 aliphatic heterocycles. The molecule has 0 spiro atoms. The summed E-state index contributed by atoms with van der Waals surface area (Å²) >= 11 is 8.20. The van der Waals surface area contributed by atoms with Crippen molar-refractivity contribution in [1.82, 2.24) is 5.06 Å². The second-order valence-corrected chi connectivity index (χ2v) is 4.78. The molecule has 1 heterocycles. The van der Waals surface area contributed by atoms with Crippen molar-refractivity contribution in [2.75, 3.05) is 5.45 Å². The maximum absolute atomic E-state index is 5.31. The summed E-state index contributed by atoms with van der Waals surface area (Å²) in [5.74, 6) is 0. The molecule has 2 nitrogen and oxygen atoms in total. The minimum absolute atomic E-state index is 0.675. The summed E-state index contributed by atoms with van der Waals surface area (Å²) < 4.78 is 6.40. The van der Waals surface area contributed by atoms with Gasteiger partial charge >= 0.3 is 0 Å². The lowest BCUT2D eigenvalue weighted by Gasteiger charge is -2.05. The predicted molar refractivity (Wildman–Crippen MR) is 66.4 cm³/mol. The van der Waals surface area contributed by atoms with Crippen LogP contribution in [-0.2, 0) is 4.28 Å². The maximum Gasteiger partial charge on any atom is 0.101 e. The maximum atomic E-state index is 5.31. The van der Waals surface area contributed by atoms with Gasteiger partial charge in [0.05, 0.1) is 16.9 Å². The van der Waals surface area contributed by atoms with E-state index in [0.717, 1.165) is 14.9 Å². The van der Waals surface area contributed by atoms with Crippen molar-refractivity contribution in [3.05, 3.63) is 40.5 Å². The van der Waals surface area contributed by atoms with Crippen LogP contribution in [0, 0.1) is 0 Å². The van der Waals surface area contributed by atoms with Gasteiger partial charge in [0.25, 0.3) is 0 Å². The van der Waals surface area contributed by atoms with E-state index in [1.54, 1.807) is 5.06 Å². The van der Waals surface area contributed by atoms with Crippen LogP contribution >= 0.6 is 43.9 Å². The molecule has 0 radical (unpaired) electrons. The number of alkyl halides is 1. The summed E-state index contributed by atoms with van der Waals surface area (Å²) in [5.41, 5.74) is 1.83. The first-order chi connectivity index (χ1) is 6.81. The average molecular weight is 337 g/mol. The van der Waals surface area contributed by atoms with Crippen molar-refractivity contribution in [3.8, 4) is 0 Å². The third-order valence-electron chi connectivity index (χ3n) is 1.74. The fourth-order valence-electron chi connectivity index (χ4n) is 1.09. The fourth-order valence-corrected chi connectivity index (χ4v) is 2.80. The first kappa shape index (κ1) is 10.5. The van der Waals surface area contributed by atoms with E-state index in [0.29, 0.717) is 5.45 Å². The number of hydrogen-bond donors (Lipinski definition) is 0. The van der Waals surface area contributed by atoms with E-state index in [4.69, 9.17) is 4.28 Å². The molecule has 5 heteroatoms. The van der Waals surface area contributed by atoms with Gasteiger partial charge in [-0.05, 0) is 6.07 Å². The molecule has 0 unspecified atom stereocenters. The number of hydroxylamine groups is 2. The van der Waals surface area contributed by atoms with E-state index in [2.05, 4.69) is 37.9 Å². The monoisotopic (exact) mass is 335 g/mol. The van der Waals surface area contributed by atoms with E-state index >= 15 is 0 Å². The molecule has 2 rings (SSSR count). The average Bonchev–Trinajstić information content (AvgIpc) is 2.67. The zero-order valence-electron chi connectivity index (χ0n) is 7.11. The fraction of sp³-hybridized carbons (Fsp3) is 0.111. The van der Waals surface area contributed by atoms with Crippen molar-refractivity contribution in [2.45, 2.75) is 0 Å². The summed E-state index contributed by atoms with van der Waals surface area (Å²) in [4.78, 5) is 1.11. The summed E-state index contributed by atoms with van der Waals surface area (Å²) in [6.45, 7) is 0. The van der Waals surface area contributed by atoms with Crippen LogP contribution in [-0.4, -0.2) is 10.5 Å². The lowest BCUT2D eigenvalue weighted by atomic mass is 10.2. The van der Waals surface area contributed by atoms with Crippen molar-refractivity contribution < 1.29 is 4.28 Å². The first-order valence-corrected chi connectivity index (χ1v) is 6.61. The first-order valence-electron chi connectivity index (χ1n) is 3.95. The Bertz CT molecular complexity index is 370. The van der Waals surface area contributed by atoms with Crippen molar-refractivity contribution in [2.24, 2.45) is 0 Å². The number of halogens is 2. The number of rotatable bonds is 2. The Kier molecular flexibility index (Phi) is 3.54. The molecule has 0 saturated heterocycles. The lowest BCUT2D eigenvalue weighted by Crippen LogP contribution is -2.06. The van der Waals surface area contributed by atoms with Crippen molar-refractivity contribution >= 4 is 48.8 Å². The molecular weight excluding hydrogens is 330 g/mol. The SMILES string of the molecule is BrCN1C=C(c2ccccc2Br)SO1. The Balaban J connectivity index is 2.28. The molecule has 1 aromatic carbocycles. The van der Waals surface area contributed by atoms with Gasteiger partial charge in [-0.25, -0.2) is 5.06 Å². The van der Waals surface area contributed by atoms with Gasteiger partial charge < -0.3 is 0 Å². The second kappa shape index (κ2) is 4.70. The molecule has 0 atom stereocenters. The molecule has 0 bridgehead atoms. The highest BCUT2D eigenvalue weighted by molar-refractivity contribution is 9.10. The van der Waals surface area contributed by atoms with Gasteiger partial charge in [0.15, 0.2) is 0 Å². The molecular formula is C9H7Br2NOS. The number of nitrogens with zero attached hydrogens (tertiary/aromatic N) is 1. The molecule has 1 aromatic rings. The van der Waals surface area contributed by atoms with Gasteiger partial charge in [0, 0.05) is 16.2 Å². The molecule has 0 amide bonds. The second-order valence-electron chi connectivity index (χ2n) is 2.67. The summed E-state index contributed by atoms with van der Waals surface area (Å²) in [6.07, 6.45) is 1.97. The van der Waals surface area contributed by atoms with E-state index in [1.807, 2.05) is 24.4 Å². The summed E-state index contributed by atoms with van der Waals surface area (Å²) in [5, 5.41) is 1.74. The van der Waals surface area contributed by atoms with E-state index in [-0.39, 0.29) is 0 Å². The van der Waals surface area contributed by atoms with Crippen LogP contribution in [0.4, 0.5) is 0 Å². The Morgan fingerprint density at radius 2 is 2.14 bits per heavy atom. The summed E-state index contributed by atoms with van der Waals surface area (Å²) in [6, 6.07) is 8.09. The quantitative estimate of drug-likeness (QED) is 0.460. The smallest absolute Gasteiger partial charge is 0.101 e. The molecule has 1 aliphatic rings. The molecule has 0 saturated carbocycles. The Morgan fingerprint density at radius 1 is 1.36 bits per heavy atom. The third kappa shape index (κ3) is 2.16. The zero-order valence-corrected chi connectivity index (χ0v) is 11.1. The molecule has 14 heavy (non-hydrogen) atoms. The third-order valence-corrected chi connectivity index (χ3v) is 3.70. The molecule has 0 aromatic heterocycles. The number of benzene rings is 1. The Hall–Kier alpha value is 0.0300. The molecule has 0 fully saturated rings. The van der Waals surface area contributed by atoms with Gasteiger partial charge in [0.1, 0.15) is 5.45 Å². The van der Waals surface area contributed by atoms with Crippen LogP contribution in [0.3, 0.4) is 0 Å². The zero-order chi connectivity index (χ0) is 9.97. The highest BCUT2D eigenvalue weighted by Crippen LogP contribution is 2.38.